The Labute approximate surface area is 268 Å². The maximum Gasteiger partial charge on any atom is 0.260 e. The van der Waals surface area contributed by atoms with E-state index in [1.165, 1.54) is 0 Å². The van der Waals surface area contributed by atoms with Gasteiger partial charge in [0.1, 0.15) is 12.1 Å². The van der Waals surface area contributed by atoms with E-state index in [0.29, 0.717) is 67.5 Å². The van der Waals surface area contributed by atoms with Crippen LogP contribution in [0.2, 0.25) is 0 Å². The van der Waals surface area contributed by atoms with E-state index in [1.54, 1.807) is 36.3 Å². The Hall–Kier alpha value is -4.92. The Bertz CT molecular complexity index is 1870. The number of rotatable bonds is 10. The number of aromatic nitrogens is 4. The lowest BCUT2D eigenvalue weighted by atomic mass is 9.96. The van der Waals surface area contributed by atoms with Crippen LogP contribution in [-0.2, 0) is 29.7 Å². The number of pyridine rings is 1. The van der Waals surface area contributed by atoms with E-state index in [1.807, 2.05) is 41.9 Å². The minimum atomic E-state index is -0.0834. The van der Waals surface area contributed by atoms with Gasteiger partial charge in [-0.3, -0.25) is 19.4 Å². The molecular weight excluding hydrogens is 580 g/mol. The topological polar surface area (TPSA) is 120 Å². The molecule has 1 aliphatic carbocycles. The average molecular weight is 617 g/mol. The predicted molar refractivity (Wildman–Crippen MR) is 172 cm³/mol. The summed E-state index contributed by atoms with van der Waals surface area (Å²) in [6.45, 7) is 3.50. The van der Waals surface area contributed by atoms with Crippen molar-refractivity contribution in [3.05, 3.63) is 82.8 Å². The Kier molecular flexibility index (Phi) is 7.84. The molecule has 11 heteroatoms. The van der Waals surface area contributed by atoms with Gasteiger partial charge in [0.25, 0.3) is 5.91 Å². The van der Waals surface area contributed by atoms with Gasteiger partial charge in [0, 0.05) is 62.9 Å². The minimum Gasteiger partial charge on any atom is -0.381 e. The molecule has 3 aliphatic rings. The molecule has 4 heterocycles. The molecule has 2 aromatic heterocycles. The van der Waals surface area contributed by atoms with Gasteiger partial charge in [-0.2, -0.15) is 5.26 Å². The van der Waals surface area contributed by atoms with Gasteiger partial charge in [-0.1, -0.05) is 18.2 Å². The van der Waals surface area contributed by atoms with E-state index in [2.05, 4.69) is 33.3 Å². The molecule has 0 N–H and O–H groups in total. The van der Waals surface area contributed by atoms with Crippen LogP contribution in [0.4, 0.5) is 5.82 Å². The Morgan fingerprint density at radius 2 is 1.89 bits per heavy atom. The van der Waals surface area contributed by atoms with Crippen molar-refractivity contribution < 1.29 is 14.3 Å². The van der Waals surface area contributed by atoms with E-state index in [0.717, 1.165) is 52.9 Å². The van der Waals surface area contributed by atoms with Crippen LogP contribution >= 0.6 is 0 Å². The van der Waals surface area contributed by atoms with E-state index in [9.17, 15) is 14.9 Å². The third-order valence-corrected chi connectivity index (χ3v) is 8.98. The van der Waals surface area contributed by atoms with Crippen LogP contribution in [0.3, 0.4) is 0 Å². The summed E-state index contributed by atoms with van der Waals surface area (Å²) in [6.07, 6.45) is 3.77. The molecule has 46 heavy (non-hydrogen) atoms. The summed E-state index contributed by atoms with van der Waals surface area (Å²) in [4.78, 5) is 37.1. The van der Waals surface area contributed by atoms with Gasteiger partial charge in [0.2, 0.25) is 5.91 Å². The summed E-state index contributed by atoms with van der Waals surface area (Å²) in [5.41, 5.74) is 6.72. The van der Waals surface area contributed by atoms with Crippen molar-refractivity contribution in [2.75, 3.05) is 45.3 Å². The largest absolute Gasteiger partial charge is 0.381 e. The lowest BCUT2D eigenvalue weighted by Crippen LogP contribution is -2.43. The molecule has 7 rings (SSSR count). The Balaban J connectivity index is 1.20. The minimum absolute atomic E-state index is 0.0469. The van der Waals surface area contributed by atoms with Crippen LogP contribution in [0.25, 0.3) is 22.5 Å². The Morgan fingerprint density at radius 1 is 1.07 bits per heavy atom. The molecule has 1 saturated carbocycles. The zero-order valence-electron chi connectivity index (χ0n) is 26.3. The number of nitrogens with zero attached hydrogens (tertiary/aromatic N) is 8. The number of carbonyl (C=O) groups is 2. The molecular formula is C35H36N8O3. The molecule has 0 radical (unpaired) electrons. The fourth-order valence-electron chi connectivity index (χ4n) is 6.16. The van der Waals surface area contributed by atoms with Crippen LogP contribution in [-0.4, -0.2) is 81.8 Å². The summed E-state index contributed by atoms with van der Waals surface area (Å²) in [5, 5.41) is 18.0. The molecule has 11 nitrogen and oxygen atoms in total. The number of amides is 2. The van der Waals surface area contributed by atoms with Gasteiger partial charge < -0.3 is 14.2 Å². The summed E-state index contributed by atoms with van der Waals surface area (Å²) in [7, 11) is 5.41. The first kappa shape index (κ1) is 29.8. The molecule has 0 atom stereocenters. The van der Waals surface area contributed by atoms with Crippen molar-refractivity contribution in [3.8, 4) is 28.6 Å². The second-order valence-electron chi connectivity index (χ2n) is 12.8. The highest BCUT2D eigenvalue weighted by molar-refractivity contribution is 6.10. The number of nitriles is 1. The highest BCUT2D eigenvalue weighted by Crippen LogP contribution is 2.43. The molecule has 1 saturated heterocycles. The fraction of sp³-hybridized carbons (Fsp3) is 0.371. The number of benzene rings is 2. The van der Waals surface area contributed by atoms with Crippen molar-refractivity contribution in [3.63, 3.8) is 0 Å². The van der Waals surface area contributed by atoms with Crippen molar-refractivity contribution in [1.82, 2.24) is 29.5 Å². The van der Waals surface area contributed by atoms with Crippen LogP contribution < -0.4 is 4.90 Å². The van der Waals surface area contributed by atoms with Gasteiger partial charge in [-0.15, -0.1) is 10.2 Å². The first-order valence-corrected chi connectivity index (χ1v) is 15.6. The summed E-state index contributed by atoms with van der Waals surface area (Å²) in [6, 6.07) is 17.9. The number of likely N-dealkylation sites (N-methyl/N-ethyl adjacent to an activating group) is 1. The van der Waals surface area contributed by atoms with Gasteiger partial charge in [-0.05, 0) is 65.4 Å². The second-order valence-corrected chi connectivity index (χ2v) is 12.8. The van der Waals surface area contributed by atoms with Crippen molar-refractivity contribution in [1.29, 1.82) is 5.26 Å². The third kappa shape index (κ3) is 5.89. The van der Waals surface area contributed by atoms with E-state index in [-0.39, 0.29) is 11.8 Å². The van der Waals surface area contributed by atoms with Crippen molar-refractivity contribution in [2.24, 2.45) is 13.0 Å². The van der Waals surface area contributed by atoms with Crippen LogP contribution in [0.1, 0.15) is 51.5 Å². The van der Waals surface area contributed by atoms with E-state index < -0.39 is 0 Å². The average Bonchev–Trinajstić information content (AvgIpc) is 3.72. The number of fused-ring (bicyclic) bond motifs is 1. The first-order valence-electron chi connectivity index (χ1n) is 15.6. The number of carbonyl (C=O) groups excluding carboxylic acids is 2. The lowest BCUT2D eigenvalue weighted by Gasteiger charge is -2.32. The molecule has 0 bridgehead atoms. The third-order valence-electron chi connectivity index (χ3n) is 8.98. The summed E-state index contributed by atoms with van der Waals surface area (Å²) < 4.78 is 7.21. The summed E-state index contributed by atoms with van der Waals surface area (Å²) in [5.74, 6) is 2.00. The van der Waals surface area contributed by atoms with Gasteiger partial charge >= 0.3 is 0 Å². The molecule has 2 aliphatic heterocycles. The molecule has 2 fully saturated rings. The molecule has 2 aromatic carbocycles. The number of ether oxygens (including phenoxy) is 1. The van der Waals surface area contributed by atoms with Crippen LogP contribution in [0.5, 0.6) is 0 Å². The van der Waals surface area contributed by atoms with Crippen LogP contribution in [0, 0.1) is 17.2 Å². The zero-order chi connectivity index (χ0) is 31.9. The quantitative estimate of drug-likeness (QED) is 0.262. The maximum atomic E-state index is 14.0. The number of hydrogen-bond acceptors (Lipinski definition) is 8. The first-order chi connectivity index (χ1) is 22.3. The zero-order valence-corrected chi connectivity index (χ0v) is 26.3. The molecule has 234 valence electrons. The Morgan fingerprint density at radius 3 is 2.57 bits per heavy atom. The smallest absolute Gasteiger partial charge is 0.260 e. The molecule has 0 spiro atoms. The molecule has 4 aromatic rings. The monoisotopic (exact) mass is 616 g/mol. The SMILES string of the molecule is CN(C)C(=O)CN(Cc1ccc2c(c1)C(=O)N(c1cc(-c3ccc(C#N)cc3-c3nncn3C)cc(C3CC3)n1)C2)CC1COC1. The van der Waals surface area contributed by atoms with Crippen LogP contribution in [0.15, 0.2) is 54.9 Å². The fourth-order valence-corrected chi connectivity index (χ4v) is 6.16. The number of aryl methyl sites for hydroxylation is 1. The summed E-state index contributed by atoms with van der Waals surface area (Å²) >= 11 is 0. The lowest BCUT2D eigenvalue weighted by molar-refractivity contribution is -0.131. The van der Waals surface area contributed by atoms with Crippen molar-refractivity contribution >= 4 is 17.6 Å². The van der Waals surface area contributed by atoms with Gasteiger partial charge in [0.05, 0.1) is 37.9 Å². The van der Waals surface area contributed by atoms with Crippen molar-refractivity contribution in [2.45, 2.75) is 31.8 Å². The molecule has 2 amide bonds. The normalized spacial score (nSPS) is 16.0. The number of hydrogen-bond donors (Lipinski definition) is 0. The highest BCUT2D eigenvalue weighted by Gasteiger charge is 2.33. The van der Waals surface area contributed by atoms with Gasteiger partial charge in [0.15, 0.2) is 5.82 Å². The predicted octanol–water partition coefficient (Wildman–Crippen LogP) is 3.99. The highest BCUT2D eigenvalue weighted by atomic mass is 16.5. The maximum absolute atomic E-state index is 14.0. The van der Waals surface area contributed by atoms with Gasteiger partial charge in [-0.25, -0.2) is 4.98 Å². The molecule has 0 unspecified atom stereocenters. The van der Waals surface area contributed by atoms with E-state index in [4.69, 9.17) is 9.72 Å². The van der Waals surface area contributed by atoms with E-state index >= 15 is 0 Å². The standard InChI is InChI=1S/C35H36N8O3/c1-40(2)33(44)18-42(16-24-19-46-20-24)15-23-4-6-26-17-43(35(45)29(26)11-23)32-13-27(12-31(38-32)25-7-8-25)28-9-5-22(14-36)10-30(28)34-39-37-21-41(34)3/h4-6,9-13,21,24-25H,7-8,15-20H2,1-3H3. The second kappa shape index (κ2) is 12.1. The number of anilines is 1.